The molecule has 0 spiro atoms. The average molecular weight is 247 g/mol. The molecule has 5 nitrogen and oxygen atoms in total. The molecule has 1 atom stereocenters. The predicted octanol–water partition coefficient (Wildman–Crippen LogP) is 2.75. The minimum absolute atomic E-state index is 0.105. The van der Waals surface area contributed by atoms with E-state index >= 15 is 0 Å². The Bertz CT molecular complexity index is 562. The lowest BCUT2D eigenvalue weighted by Gasteiger charge is -2.13. The SMILES string of the molecule is COC(C)c1ccccc1-c1cc(C(=O)O)on1. The van der Waals surface area contributed by atoms with Crippen molar-refractivity contribution < 1.29 is 19.2 Å². The van der Waals surface area contributed by atoms with Crippen molar-refractivity contribution in [1.82, 2.24) is 5.16 Å². The Labute approximate surface area is 104 Å². The highest BCUT2D eigenvalue weighted by atomic mass is 16.5. The number of hydrogen-bond acceptors (Lipinski definition) is 4. The normalized spacial score (nSPS) is 12.3. The topological polar surface area (TPSA) is 72.6 Å². The van der Waals surface area contributed by atoms with Crippen molar-refractivity contribution in [3.8, 4) is 11.3 Å². The van der Waals surface area contributed by atoms with Crippen LogP contribution in [0.25, 0.3) is 11.3 Å². The summed E-state index contributed by atoms with van der Waals surface area (Å²) in [4.78, 5) is 10.8. The summed E-state index contributed by atoms with van der Waals surface area (Å²) < 4.78 is 10.0. The third-order valence-corrected chi connectivity index (χ3v) is 2.75. The molecule has 1 N–H and O–H groups in total. The average Bonchev–Trinajstić information content (AvgIpc) is 2.87. The number of aromatic nitrogens is 1. The van der Waals surface area contributed by atoms with Gasteiger partial charge in [-0.25, -0.2) is 4.79 Å². The fourth-order valence-electron chi connectivity index (χ4n) is 1.71. The fourth-order valence-corrected chi connectivity index (χ4v) is 1.71. The summed E-state index contributed by atoms with van der Waals surface area (Å²) in [6.45, 7) is 1.91. The van der Waals surface area contributed by atoms with E-state index in [1.54, 1.807) is 7.11 Å². The van der Waals surface area contributed by atoms with Crippen LogP contribution in [0.5, 0.6) is 0 Å². The molecule has 0 saturated carbocycles. The molecular weight excluding hydrogens is 234 g/mol. The summed E-state index contributed by atoms with van der Waals surface area (Å²) in [6, 6.07) is 8.93. The first-order valence-electron chi connectivity index (χ1n) is 5.45. The van der Waals surface area contributed by atoms with Gasteiger partial charge in [0.25, 0.3) is 0 Å². The quantitative estimate of drug-likeness (QED) is 0.899. The van der Waals surface area contributed by atoms with Gasteiger partial charge in [0.05, 0.1) is 6.10 Å². The Hall–Kier alpha value is -2.14. The summed E-state index contributed by atoms with van der Waals surface area (Å²) >= 11 is 0. The highest BCUT2D eigenvalue weighted by Gasteiger charge is 2.16. The van der Waals surface area contributed by atoms with E-state index in [0.717, 1.165) is 11.1 Å². The summed E-state index contributed by atoms with van der Waals surface area (Å²) in [5, 5.41) is 12.6. The molecule has 1 aromatic heterocycles. The number of ether oxygens (including phenoxy) is 1. The molecule has 2 rings (SSSR count). The number of methoxy groups -OCH3 is 1. The molecule has 1 unspecified atom stereocenters. The van der Waals surface area contributed by atoms with Crippen molar-refractivity contribution in [2.24, 2.45) is 0 Å². The standard InChI is InChI=1S/C13H13NO4/c1-8(17-2)9-5-3-4-6-10(9)11-7-12(13(15)16)18-14-11/h3-8H,1-2H3,(H,15,16). The number of aromatic carboxylic acids is 1. The van der Waals surface area contributed by atoms with E-state index in [-0.39, 0.29) is 11.9 Å². The molecular formula is C13H13NO4. The van der Waals surface area contributed by atoms with Crippen LogP contribution in [0.1, 0.15) is 29.1 Å². The van der Waals surface area contributed by atoms with Gasteiger partial charge in [0.1, 0.15) is 5.69 Å². The van der Waals surface area contributed by atoms with Crippen molar-refractivity contribution in [3.05, 3.63) is 41.7 Å². The van der Waals surface area contributed by atoms with Crippen LogP contribution < -0.4 is 0 Å². The van der Waals surface area contributed by atoms with Gasteiger partial charge in [-0.3, -0.25) is 0 Å². The first-order valence-corrected chi connectivity index (χ1v) is 5.45. The van der Waals surface area contributed by atoms with Gasteiger partial charge in [0, 0.05) is 18.7 Å². The second-order valence-electron chi connectivity index (χ2n) is 3.85. The Balaban J connectivity index is 2.46. The van der Waals surface area contributed by atoms with Gasteiger partial charge in [-0.15, -0.1) is 0 Å². The van der Waals surface area contributed by atoms with Crippen LogP contribution in [0, 0.1) is 0 Å². The second-order valence-corrected chi connectivity index (χ2v) is 3.85. The van der Waals surface area contributed by atoms with Gasteiger partial charge >= 0.3 is 5.97 Å². The van der Waals surface area contributed by atoms with Gasteiger partial charge in [0.2, 0.25) is 5.76 Å². The Morgan fingerprint density at radius 1 is 1.44 bits per heavy atom. The summed E-state index contributed by atoms with van der Waals surface area (Å²) in [5.74, 6) is -1.31. The number of carbonyl (C=O) groups is 1. The van der Waals surface area contributed by atoms with E-state index in [0.29, 0.717) is 5.69 Å². The molecule has 0 aliphatic heterocycles. The molecule has 0 fully saturated rings. The fraction of sp³-hybridized carbons (Fsp3) is 0.231. The largest absolute Gasteiger partial charge is 0.475 e. The zero-order valence-electron chi connectivity index (χ0n) is 10.1. The molecule has 0 aliphatic rings. The van der Waals surface area contributed by atoms with Gasteiger partial charge in [-0.1, -0.05) is 29.4 Å². The van der Waals surface area contributed by atoms with E-state index in [1.165, 1.54) is 6.07 Å². The lowest BCUT2D eigenvalue weighted by molar-refractivity contribution is 0.0652. The third kappa shape index (κ3) is 2.26. The lowest BCUT2D eigenvalue weighted by atomic mass is 10.0. The van der Waals surface area contributed by atoms with Crippen LogP contribution >= 0.6 is 0 Å². The number of rotatable bonds is 4. The van der Waals surface area contributed by atoms with Crippen LogP contribution in [0.3, 0.4) is 0 Å². The monoisotopic (exact) mass is 247 g/mol. The maximum Gasteiger partial charge on any atom is 0.374 e. The predicted molar refractivity (Wildman–Crippen MR) is 64.3 cm³/mol. The van der Waals surface area contributed by atoms with Gasteiger partial charge in [-0.2, -0.15) is 0 Å². The van der Waals surface area contributed by atoms with E-state index < -0.39 is 5.97 Å². The van der Waals surface area contributed by atoms with Crippen molar-refractivity contribution in [2.75, 3.05) is 7.11 Å². The Kier molecular flexibility index (Phi) is 3.43. The number of benzene rings is 1. The molecule has 94 valence electrons. The lowest BCUT2D eigenvalue weighted by Crippen LogP contribution is -1.98. The van der Waals surface area contributed by atoms with Crippen molar-refractivity contribution in [2.45, 2.75) is 13.0 Å². The summed E-state index contributed by atoms with van der Waals surface area (Å²) in [5.41, 5.74) is 2.24. The Morgan fingerprint density at radius 2 is 2.17 bits per heavy atom. The van der Waals surface area contributed by atoms with E-state index in [4.69, 9.17) is 14.4 Å². The molecule has 0 amide bonds. The van der Waals surface area contributed by atoms with Crippen molar-refractivity contribution in [1.29, 1.82) is 0 Å². The maximum absolute atomic E-state index is 10.8. The summed E-state index contributed by atoms with van der Waals surface area (Å²) in [7, 11) is 1.62. The number of hydrogen-bond donors (Lipinski definition) is 1. The minimum atomic E-state index is -1.13. The van der Waals surface area contributed by atoms with Crippen LogP contribution in [0.2, 0.25) is 0 Å². The highest BCUT2D eigenvalue weighted by Crippen LogP contribution is 2.29. The molecule has 5 heteroatoms. The van der Waals surface area contributed by atoms with Crippen molar-refractivity contribution >= 4 is 5.97 Å². The first-order chi connectivity index (χ1) is 8.63. The molecule has 1 heterocycles. The molecule has 2 aromatic rings. The summed E-state index contributed by atoms with van der Waals surface area (Å²) in [6.07, 6.45) is -0.105. The van der Waals surface area contributed by atoms with E-state index in [2.05, 4.69) is 5.16 Å². The molecule has 0 bridgehead atoms. The molecule has 1 aromatic carbocycles. The third-order valence-electron chi connectivity index (χ3n) is 2.75. The van der Waals surface area contributed by atoms with Gasteiger partial charge < -0.3 is 14.4 Å². The molecule has 18 heavy (non-hydrogen) atoms. The van der Waals surface area contributed by atoms with E-state index in [9.17, 15) is 4.79 Å². The van der Waals surface area contributed by atoms with Gasteiger partial charge in [-0.05, 0) is 12.5 Å². The first kappa shape index (κ1) is 12.3. The zero-order chi connectivity index (χ0) is 13.1. The van der Waals surface area contributed by atoms with Gasteiger partial charge in [0.15, 0.2) is 0 Å². The van der Waals surface area contributed by atoms with Crippen LogP contribution in [0.4, 0.5) is 0 Å². The number of carboxylic acid groups (broad SMARTS) is 1. The molecule has 0 aliphatic carbocycles. The number of nitrogens with zero attached hydrogens (tertiary/aromatic N) is 1. The smallest absolute Gasteiger partial charge is 0.374 e. The second kappa shape index (κ2) is 5.01. The highest BCUT2D eigenvalue weighted by molar-refractivity contribution is 5.85. The minimum Gasteiger partial charge on any atom is -0.475 e. The van der Waals surface area contributed by atoms with Crippen LogP contribution in [-0.4, -0.2) is 23.3 Å². The Morgan fingerprint density at radius 3 is 2.78 bits per heavy atom. The zero-order valence-corrected chi connectivity index (χ0v) is 10.1. The molecule has 0 saturated heterocycles. The molecule has 0 radical (unpaired) electrons. The van der Waals surface area contributed by atoms with Crippen LogP contribution in [0.15, 0.2) is 34.9 Å². The van der Waals surface area contributed by atoms with Crippen LogP contribution in [-0.2, 0) is 4.74 Å². The number of carboxylic acids is 1. The van der Waals surface area contributed by atoms with Crippen molar-refractivity contribution in [3.63, 3.8) is 0 Å². The maximum atomic E-state index is 10.8. The van der Waals surface area contributed by atoms with E-state index in [1.807, 2.05) is 31.2 Å².